The van der Waals surface area contributed by atoms with Crippen LogP contribution in [0, 0.1) is 17.8 Å². The number of aliphatic hydroxyl groups excluding tert-OH is 1. The Morgan fingerprint density at radius 2 is 1.74 bits per heavy atom. The van der Waals surface area contributed by atoms with E-state index in [9.17, 15) is 28.7 Å². The molecule has 0 unspecified atom stereocenters. The van der Waals surface area contributed by atoms with Crippen molar-refractivity contribution in [3.63, 3.8) is 0 Å². The summed E-state index contributed by atoms with van der Waals surface area (Å²) in [5, 5.41) is 15.0. The number of amides is 1. The van der Waals surface area contributed by atoms with Gasteiger partial charge in [0.05, 0.1) is 12.4 Å². The number of benzene rings is 1. The van der Waals surface area contributed by atoms with Crippen molar-refractivity contribution in [1.29, 1.82) is 0 Å². The Kier molecular flexibility index (Phi) is 13.4. The molecule has 35 heavy (non-hydrogen) atoms. The first kappa shape index (κ1) is 30.4. The van der Waals surface area contributed by atoms with Gasteiger partial charge >= 0.3 is 0 Å². The lowest BCUT2D eigenvalue weighted by Crippen LogP contribution is -2.47. The summed E-state index contributed by atoms with van der Waals surface area (Å²) in [7, 11) is 0. The molecular formula is C25H35BrFN3O5. The number of ketones is 3. The lowest BCUT2D eigenvalue weighted by Gasteiger charge is -2.24. The van der Waals surface area contributed by atoms with Crippen LogP contribution in [0.15, 0.2) is 41.1 Å². The third-order valence-corrected chi connectivity index (χ3v) is 6.25. The van der Waals surface area contributed by atoms with Crippen LogP contribution in [0.5, 0.6) is 0 Å². The minimum absolute atomic E-state index is 0.0696. The Morgan fingerprint density at radius 3 is 2.26 bits per heavy atom. The van der Waals surface area contributed by atoms with Gasteiger partial charge in [0.25, 0.3) is 0 Å². The van der Waals surface area contributed by atoms with Crippen molar-refractivity contribution in [2.75, 3.05) is 19.8 Å². The van der Waals surface area contributed by atoms with Crippen molar-refractivity contribution in [3.05, 3.63) is 46.7 Å². The average Bonchev–Trinajstić information content (AvgIpc) is 2.81. The lowest BCUT2D eigenvalue weighted by molar-refractivity contribution is -0.133. The van der Waals surface area contributed by atoms with E-state index in [-0.39, 0.29) is 36.8 Å². The van der Waals surface area contributed by atoms with Gasteiger partial charge in [-0.25, -0.2) is 4.39 Å². The van der Waals surface area contributed by atoms with Crippen LogP contribution in [-0.2, 0) is 14.4 Å². The van der Waals surface area contributed by atoms with Crippen LogP contribution in [0.3, 0.4) is 0 Å². The largest absolute Gasteiger partial charge is 0.394 e. The highest BCUT2D eigenvalue weighted by atomic mass is 79.9. The zero-order chi connectivity index (χ0) is 26.5. The highest BCUT2D eigenvalue weighted by molar-refractivity contribution is 9.10. The fourth-order valence-corrected chi connectivity index (χ4v) is 3.82. The summed E-state index contributed by atoms with van der Waals surface area (Å²) in [5.41, 5.74) is 5.88. The number of carbonyl (C=O) groups is 4. The number of nitrogens with one attached hydrogen (secondary N) is 2. The summed E-state index contributed by atoms with van der Waals surface area (Å²) in [6.07, 6.45) is 0.294. The number of Topliss-reactive ketones (excluding diaryl/α,β-unsaturated/α-hetero) is 3. The number of aliphatic hydroxyl groups is 1. The summed E-state index contributed by atoms with van der Waals surface area (Å²) >= 11 is 3.31. The first-order chi connectivity index (χ1) is 16.5. The number of nitrogens with two attached hydrogens (primary N) is 1. The highest BCUT2D eigenvalue weighted by Crippen LogP contribution is 2.21. The number of hydrogen-bond acceptors (Lipinski definition) is 7. The van der Waals surface area contributed by atoms with E-state index in [1.54, 1.807) is 38.1 Å². The van der Waals surface area contributed by atoms with Crippen molar-refractivity contribution in [3.8, 4) is 0 Å². The first-order valence-electron chi connectivity index (χ1n) is 11.5. The predicted octanol–water partition coefficient (Wildman–Crippen LogP) is 2.68. The third-order valence-electron chi connectivity index (χ3n) is 5.72. The van der Waals surface area contributed by atoms with Gasteiger partial charge in [0.2, 0.25) is 5.91 Å². The van der Waals surface area contributed by atoms with Crippen molar-refractivity contribution in [2.45, 2.75) is 45.6 Å². The smallest absolute Gasteiger partial charge is 0.224 e. The molecular weight excluding hydrogens is 521 g/mol. The lowest BCUT2D eigenvalue weighted by atomic mass is 9.87. The molecule has 8 nitrogen and oxygen atoms in total. The molecule has 0 aliphatic rings. The van der Waals surface area contributed by atoms with Crippen molar-refractivity contribution >= 4 is 39.2 Å². The van der Waals surface area contributed by atoms with E-state index in [0.717, 1.165) is 4.47 Å². The quantitative estimate of drug-likeness (QED) is 0.171. The molecule has 0 aromatic heterocycles. The summed E-state index contributed by atoms with van der Waals surface area (Å²) < 4.78 is 13.9. The maximum atomic E-state index is 13.0. The molecule has 0 fully saturated rings. The van der Waals surface area contributed by atoms with Crippen LogP contribution in [0.2, 0.25) is 0 Å². The summed E-state index contributed by atoms with van der Waals surface area (Å²) in [6, 6.07) is 5.51. The van der Waals surface area contributed by atoms with Gasteiger partial charge in [-0.2, -0.15) is 0 Å². The second-order valence-electron chi connectivity index (χ2n) is 8.79. The molecule has 1 aromatic carbocycles. The van der Waals surface area contributed by atoms with Crippen LogP contribution in [0.1, 0.15) is 49.9 Å². The molecule has 0 saturated heterocycles. The summed E-state index contributed by atoms with van der Waals surface area (Å²) in [6.45, 7) is 5.58. The molecule has 0 aliphatic heterocycles. The van der Waals surface area contributed by atoms with Gasteiger partial charge in [0.15, 0.2) is 17.3 Å². The number of hydrogen-bond donors (Lipinski definition) is 4. The molecule has 0 aliphatic carbocycles. The molecule has 1 amide bonds. The van der Waals surface area contributed by atoms with Crippen molar-refractivity contribution < 1.29 is 28.7 Å². The van der Waals surface area contributed by atoms with Crippen LogP contribution in [0.25, 0.3) is 0 Å². The summed E-state index contributed by atoms with van der Waals surface area (Å²) in [5.74, 6) is -3.63. The Morgan fingerprint density at radius 1 is 1.11 bits per heavy atom. The Bertz CT molecular complexity index is 892. The zero-order valence-electron chi connectivity index (χ0n) is 20.2. The van der Waals surface area contributed by atoms with Gasteiger partial charge in [-0.1, -0.05) is 48.5 Å². The number of halogens is 2. The van der Waals surface area contributed by atoms with Gasteiger partial charge < -0.3 is 21.5 Å². The number of alkyl halides is 1. The van der Waals surface area contributed by atoms with Crippen LogP contribution < -0.4 is 16.4 Å². The van der Waals surface area contributed by atoms with Crippen molar-refractivity contribution in [1.82, 2.24) is 10.6 Å². The van der Waals surface area contributed by atoms with Gasteiger partial charge in [-0.15, -0.1) is 0 Å². The average molecular weight is 556 g/mol. The van der Waals surface area contributed by atoms with E-state index in [4.69, 9.17) is 5.73 Å². The fraction of sp³-hybridized carbons (Fsp3) is 0.520. The third kappa shape index (κ3) is 10.7. The molecule has 3 atom stereocenters. The van der Waals surface area contributed by atoms with E-state index in [1.807, 2.05) is 0 Å². The maximum Gasteiger partial charge on any atom is 0.224 e. The number of rotatable bonds is 17. The fourth-order valence-electron chi connectivity index (χ4n) is 3.56. The zero-order valence-corrected chi connectivity index (χ0v) is 21.8. The second-order valence-corrected chi connectivity index (χ2v) is 9.71. The van der Waals surface area contributed by atoms with Gasteiger partial charge in [-0.3, -0.25) is 19.2 Å². The van der Waals surface area contributed by atoms with E-state index >= 15 is 0 Å². The van der Waals surface area contributed by atoms with Crippen LogP contribution in [0.4, 0.5) is 4.39 Å². The molecule has 0 spiro atoms. The molecule has 194 valence electrons. The van der Waals surface area contributed by atoms with Gasteiger partial charge in [-0.05, 0) is 30.9 Å². The van der Waals surface area contributed by atoms with Gasteiger partial charge in [0, 0.05) is 41.3 Å². The molecule has 1 aromatic rings. The minimum atomic E-state index is -1.26. The monoisotopic (exact) mass is 555 g/mol. The molecule has 5 N–H and O–H groups in total. The molecule has 0 saturated carbocycles. The molecule has 0 radical (unpaired) electrons. The normalized spacial score (nSPS) is 13.5. The van der Waals surface area contributed by atoms with E-state index < -0.39 is 48.6 Å². The standard InChI is InChI=1S/C25H35BrFN3O5/c1-15(2)20(12-22(32)17-6-8-19(26)9-7-17)25(35)30-21(14-31)23(33)11-18(24(34)13-27)5-4-10-29-16(3)28/h6-9,15,18,20-21,29,31H,3-5,10-14,28H2,1-2H3,(H,30,35)/t18-,20+,21+/m1/s1. The van der Waals surface area contributed by atoms with E-state index in [1.165, 1.54) is 0 Å². The topological polar surface area (TPSA) is 139 Å². The molecule has 10 heteroatoms. The predicted molar refractivity (Wildman–Crippen MR) is 135 cm³/mol. The summed E-state index contributed by atoms with van der Waals surface area (Å²) in [4.78, 5) is 50.4. The minimum Gasteiger partial charge on any atom is -0.394 e. The second kappa shape index (κ2) is 15.4. The Labute approximate surface area is 214 Å². The van der Waals surface area contributed by atoms with Crippen LogP contribution >= 0.6 is 15.9 Å². The molecule has 1 rings (SSSR count). The maximum absolute atomic E-state index is 13.0. The molecule has 0 heterocycles. The van der Waals surface area contributed by atoms with Gasteiger partial charge in [0.1, 0.15) is 12.7 Å². The molecule has 0 bridgehead atoms. The Balaban J connectivity index is 2.82. The van der Waals surface area contributed by atoms with Crippen LogP contribution in [-0.4, -0.2) is 54.2 Å². The SMILES string of the molecule is C=C(N)NCCC[C@H](CC(=O)[C@H](CO)NC(=O)[C@@H](CC(=O)c1ccc(Br)cc1)C(C)C)C(=O)CF. The Hall–Kier alpha value is -2.59. The highest BCUT2D eigenvalue weighted by Gasteiger charge is 2.31. The van der Waals surface area contributed by atoms with Crippen molar-refractivity contribution in [2.24, 2.45) is 23.5 Å². The first-order valence-corrected chi connectivity index (χ1v) is 12.3. The number of carbonyl (C=O) groups excluding carboxylic acids is 4. The van der Waals surface area contributed by atoms with E-state index in [2.05, 4.69) is 33.1 Å². The van der Waals surface area contributed by atoms with E-state index in [0.29, 0.717) is 18.5 Å².